The van der Waals surface area contributed by atoms with Crippen LogP contribution >= 0.6 is 7.82 Å². The summed E-state index contributed by atoms with van der Waals surface area (Å²) in [5.41, 5.74) is 0. The van der Waals surface area contributed by atoms with Crippen LogP contribution in [0.4, 0.5) is 0 Å². The number of aliphatic hydroxyl groups excluding tert-OH is 2. The van der Waals surface area contributed by atoms with Crippen molar-refractivity contribution < 1.29 is 47.8 Å². The van der Waals surface area contributed by atoms with E-state index in [9.17, 15) is 24.2 Å². The summed E-state index contributed by atoms with van der Waals surface area (Å²) >= 11 is 0. The summed E-state index contributed by atoms with van der Waals surface area (Å²) in [5, 5.41) is 18.3. The molecule has 10 nitrogen and oxygen atoms in total. The molecular weight excluding hydrogens is 671 g/mol. The Morgan fingerprint density at radius 2 is 0.843 bits per heavy atom. The number of esters is 2. The Labute approximate surface area is 312 Å². The van der Waals surface area contributed by atoms with Crippen LogP contribution in [0.15, 0.2) is 0 Å². The third-order valence-corrected chi connectivity index (χ3v) is 10.2. The normalized spacial score (nSPS) is 13.9. The van der Waals surface area contributed by atoms with E-state index >= 15 is 0 Å². The Morgan fingerprint density at radius 3 is 1.22 bits per heavy atom. The average molecular weight is 751 g/mol. The van der Waals surface area contributed by atoms with Crippen molar-refractivity contribution in [3.05, 3.63) is 0 Å². The number of phosphoric ester groups is 1. The van der Waals surface area contributed by atoms with Gasteiger partial charge in [0, 0.05) is 12.8 Å². The van der Waals surface area contributed by atoms with Gasteiger partial charge < -0.3 is 24.6 Å². The van der Waals surface area contributed by atoms with E-state index in [0.29, 0.717) is 12.8 Å². The molecule has 1 unspecified atom stereocenters. The third-order valence-electron chi connectivity index (χ3n) is 9.26. The molecule has 3 N–H and O–H groups in total. The maximum atomic E-state index is 12.6. The van der Waals surface area contributed by atoms with Crippen LogP contribution < -0.4 is 0 Å². The van der Waals surface area contributed by atoms with Gasteiger partial charge in [-0.2, -0.15) is 0 Å². The summed E-state index contributed by atoms with van der Waals surface area (Å²) in [5.74, 6) is -0.912. The van der Waals surface area contributed by atoms with Gasteiger partial charge in [0.25, 0.3) is 0 Å². The second-order valence-corrected chi connectivity index (χ2v) is 15.8. The maximum absolute atomic E-state index is 12.6. The molecular formula is C40H79O10P. The highest BCUT2D eigenvalue weighted by Crippen LogP contribution is 2.43. The second kappa shape index (κ2) is 37.3. The molecule has 0 aliphatic rings. The van der Waals surface area contributed by atoms with Crippen LogP contribution in [0, 0.1) is 0 Å². The van der Waals surface area contributed by atoms with Gasteiger partial charge in [0.2, 0.25) is 0 Å². The molecule has 304 valence electrons. The van der Waals surface area contributed by atoms with E-state index in [2.05, 4.69) is 18.4 Å². The molecule has 3 atom stereocenters. The number of carbonyl (C=O) groups is 2. The molecule has 0 aliphatic heterocycles. The number of unbranched alkanes of at least 4 members (excludes halogenated alkanes) is 26. The van der Waals surface area contributed by atoms with Gasteiger partial charge in [-0.25, -0.2) is 4.57 Å². The molecule has 0 aromatic heterocycles. The Morgan fingerprint density at radius 1 is 0.510 bits per heavy atom. The lowest BCUT2D eigenvalue weighted by Crippen LogP contribution is -2.29. The van der Waals surface area contributed by atoms with Crippen LogP contribution in [0.3, 0.4) is 0 Å². The van der Waals surface area contributed by atoms with Gasteiger partial charge in [0.05, 0.1) is 19.8 Å². The molecule has 0 saturated heterocycles. The molecule has 0 aliphatic carbocycles. The number of hydrogen-bond acceptors (Lipinski definition) is 9. The first-order valence-electron chi connectivity index (χ1n) is 21.0. The molecule has 0 heterocycles. The van der Waals surface area contributed by atoms with Crippen LogP contribution in [0.1, 0.15) is 206 Å². The Kier molecular flexibility index (Phi) is 36.5. The molecule has 0 saturated carbocycles. The van der Waals surface area contributed by atoms with Gasteiger partial charge in [-0.05, 0) is 12.8 Å². The fourth-order valence-corrected chi connectivity index (χ4v) is 6.78. The predicted octanol–water partition coefficient (Wildman–Crippen LogP) is 10.7. The SMILES string of the molecule is CCCCCCCCCCCCCCCCCCCC(=O)O[C@H](COC(=O)CCCCCCCCCCCCC)COP(=O)(O)OC[C@@H](O)CO. The lowest BCUT2D eigenvalue weighted by molar-refractivity contribution is -0.161. The van der Waals surface area contributed by atoms with E-state index < -0.39 is 51.8 Å². The minimum atomic E-state index is -4.60. The van der Waals surface area contributed by atoms with Crippen molar-refractivity contribution in [2.75, 3.05) is 26.4 Å². The van der Waals surface area contributed by atoms with Gasteiger partial charge in [0.15, 0.2) is 6.10 Å². The highest BCUT2D eigenvalue weighted by molar-refractivity contribution is 7.47. The van der Waals surface area contributed by atoms with Crippen molar-refractivity contribution in [1.82, 2.24) is 0 Å². The molecule has 0 radical (unpaired) electrons. The number of aliphatic hydroxyl groups is 2. The first-order chi connectivity index (χ1) is 24.7. The fraction of sp³-hybridized carbons (Fsp3) is 0.950. The highest BCUT2D eigenvalue weighted by atomic mass is 31.2. The number of carbonyl (C=O) groups excluding carboxylic acids is 2. The Bertz CT molecular complexity index is 827. The zero-order valence-electron chi connectivity index (χ0n) is 32.8. The number of ether oxygens (including phenoxy) is 2. The zero-order valence-corrected chi connectivity index (χ0v) is 33.7. The van der Waals surface area contributed by atoms with Crippen LogP contribution in [0.2, 0.25) is 0 Å². The molecule has 11 heteroatoms. The molecule has 51 heavy (non-hydrogen) atoms. The van der Waals surface area contributed by atoms with Gasteiger partial charge in [-0.15, -0.1) is 0 Å². The average Bonchev–Trinajstić information content (AvgIpc) is 3.12. The molecule has 0 aromatic rings. The Balaban J connectivity index is 4.25. The van der Waals surface area contributed by atoms with Crippen LogP contribution in [0.5, 0.6) is 0 Å². The molecule has 0 amide bonds. The largest absolute Gasteiger partial charge is 0.472 e. The summed E-state index contributed by atoms with van der Waals surface area (Å²) < 4.78 is 32.6. The van der Waals surface area contributed by atoms with Gasteiger partial charge in [-0.3, -0.25) is 18.6 Å². The van der Waals surface area contributed by atoms with Crippen molar-refractivity contribution in [3.63, 3.8) is 0 Å². The number of hydrogen-bond donors (Lipinski definition) is 3. The molecule has 0 aromatic carbocycles. The van der Waals surface area contributed by atoms with E-state index in [4.69, 9.17) is 19.1 Å². The minimum Gasteiger partial charge on any atom is -0.462 e. The zero-order chi connectivity index (χ0) is 37.7. The van der Waals surface area contributed by atoms with Crippen molar-refractivity contribution in [2.24, 2.45) is 0 Å². The third kappa shape index (κ3) is 37.1. The standard InChI is InChI=1S/C40H79O10P/c1-3-5-7-9-11-13-15-16-17-18-19-20-22-24-26-28-30-32-40(44)50-38(36-49-51(45,46)48-34-37(42)33-41)35-47-39(43)31-29-27-25-23-21-14-12-10-8-6-4-2/h37-38,41-42H,3-36H2,1-2H3,(H,45,46)/t37-,38+/m0/s1. The van der Waals surface area contributed by atoms with Gasteiger partial charge >= 0.3 is 19.8 Å². The van der Waals surface area contributed by atoms with Crippen LogP contribution in [-0.2, 0) is 32.7 Å². The molecule has 0 bridgehead atoms. The lowest BCUT2D eigenvalue weighted by atomic mass is 10.0. The van der Waals surface area contributed by atoms with E-state index in [1.54, 1.807) is 0 Å². The molecule has 0 spiro atoms. The second-order valence-electron chi connectivity index (χ2n) is 14.4. The molecule has 0 rings (SSSR count). The van der Waals surface area contributed by atoms with Gasteiger partial charge in [-0.1, -0.05) is 181 Å². The monoisotopic (exact) mass is 751 g/mol. The highest BCUT2D eigenvalue weighted by Gasteiger charge is 2.27. The Hall–Kier alpha value is -1.03. The summed E-state index contributed by atoms with van der Waals surface area (Å²) in [6, 6.07) is 0. The number of phosphoric acid groups is 1. The van der Waals surface area contributed by atoms with Crippen molar-refractivity contribution in [1.29, 1.82) is 0 Å². The quantitative estimate of drug-likeness (QED) is 0.0314. The summed E-state index contributed by atoms with van der Waals surface area (Å²) in [6.45, 7) is 2.40. The fourth-order valence-electron chi connectivity index (χ4n) is 5.99. The number of rotatable bonds is 40. The van der Waals surface area contributed by atoms with E-state index in [1.165, 1.54) is 128 Å². The smallest absolute Gasteiger partial charge is 0.462 e. The lowest BCUT2D eigenvalue weighted by Gasteiger charge is -2.20. The van der Waals surface area contributed by atoms with Crippen molar-refractivity contribution in [3.8, 4) is 0 Å². The van der Waals surface area contributed by atoms with Crippen LogP contribution in [0.25, 0.3) is 0 Å². The first-order valence-corrected chi connectivity index (χ1v) is 22.5. The first kappa shape index (κ1) is 50.0. The van der Waals surface area contributed by atoms with Crippen molar-refractivity contribution >= 4 is 19.8 Å². The van der Waals surface area contributed by atoms with Gasteiger partial charge in [0.1, 0.15) is 12.7 Å². The summed E-state index contributed by atoms with van der Waals surface area (Å²) in [4.78, 5) is 34.9. The maximum Gasteiger partial charge on any atom is 0.472 e. The summed E-state index contributed by atoms with van der Waals surface area (Å²) in [7, 11) is -4.60. The topological polar surface area (TPSA) is 149 Å². The van der Waals surface area contributed by atoms with E-state index in [-0.39, 0.29) is 19.4 Å². The van der Waals surface area contributed by atoms with E-state index in [0.717, 1.165) is 38.5 Å². The van der Waals surface area contributed by atoms with E-state index in [1.807, 2.05) is 0 Å². The molecule has 0 fully saturated rings. The minimum absolute atomic E-state index is 0.192. The summed E-state index contributed by atoms with van der Waals surface area (Å²) in [6.07, 6.45) is 32.1. The van der Waals surface area contributed by atoms with Crippen molar-refractivity contribution in [2.45, 2.75) is 219 Å². The predicted molar refractivity (Wildman–Crippen MR) is 206 cm³/mol. The van der Waals surface area contributed by atoms with Crippen LogP contribution in [-0.4, -0.2) is 65.7 Å².